The van der Waals surface area contributed by atoms with Gasteiger partial charge in [0.05, 0.1) is 26.4 Å². The summed E-state index contributed by atoms with van der Waals surface area (Å²) in [5.74, 6) is 1.81. The number of likely N-dealkylation sites (N-methyl/N-ethyl adjacent to an activating group) is 1. The number of carbonyl (C=O) groups excluding carboxylic acids is 1. The Hall–Kier alpha value is -2.37. The third kappa shape index (κ3) is 2.94. The molecular weight excluding hydrogens is 390 g/mol. The molecule has 0 radical (unpaired) electrons. The Kier molecular flexibility index (Phi) is 5.06. The zero-order valence-corrected chi connectivity index (χ0v) is 18.6. The maximum absolute atomic E-state index is 12.9. The van der Waals surface area contributed by atoms with Crippen molar-refractivity contribution in [2.75, 3.05) is 27.8 Å². The van der Waals surface area contributed by atoms with Crippen LogP contribution in [0.1, 0.15) is 42.4 Å². The molecule has 2 aromatic carbocycles. The van der Waals surface area contributed by atoms with Crippen LogP contribution < -0.4 is 9.47 Å². The summed E-state index contributed by atoms with van der Waals surface area (Å²) in [6.45, 7) is 1.48. The molecule has 1 heterocycles. The van der Waals surface area contributed by atoms with Gasteiger partial charge in [-0.25, -0.2) is 0 Å². The second kappa shape index (κ2) is 7.64. The first-order valence-electron chi connectivity index (χ1n) is 11.2. The fourth-order valence-electron chi connectivity index (χ4n) is 6.51. The Balaban J connectivity index is 1.70. The lowest BCUT2D eigenvalue weighted by Gasteiger charge is -2.64. The second-order valence-corrected chi connectivity index (χ2v) is 9.25. The number of ketones is 1. The van der Waals surface area contributed by atoms with Crippen LogP contribution in [0.5, 0.6) is 11.5 Å². The molecule has 0 aromatic heterocycles. The van der Waals surface area contributed by atoms with E-state index in [2.05, 4.69) is 30.1 Å². The number of hydrogen-bond donors (Lipinski definition) is 0. The first-order valence-corrected chi connectivity index (χ1v) is 11.2. The van der Waals surface area contributed by atoms with Gasteiger partial charge in [-0.15, -0.1) is 0 Å². The van der Waals surface area contributed by atoms with Gasteiger partial charge in [0.25, 0.3) is 0 Å². The molecule has 31 heavy (non-hydrogen) atoms. The second-order valence-electron chi connectivity index (χ2n) is 9.25. The lowest BCUT2D eigenvalue weighted by atomic mass is 9.49. The smallest absolute Gasteiger partial charge is 0.164 e. The third-order valence-corrected chi connectivity index (χ3v) is 7.91. The van der Waals surface area contributed by atoms with Crippen molar-refractivity contribution >= 4 is 5.78 Å². The average molecular weight is 422 g/mol. The zero-order chi connectivity index (χ0) is 21.6. The van der Waals surface area contributed by atoms with E-state index in [9.17, 15) is 4.79 Å². The summed E-state index contributed by atoms with van der Waals surface area (Å²) in [6.07, 6.45) is 3.58. The van der Waals surface area contributed by atoms with Crippen LogP contribution in [0, 0.1) is 0 Å². The van der Waals surface area contributed by atoms with Gasteiger partial charge >= 0.3 is 0 Å². The molecule has 2 fully saturated rings. The summed E-state index contributed by atoms with van der Waals surface area (Å²) in [5.41, 5.74) is 2.72. The fourth-order valence-corrected chi connectivity index (χ4v) is 6.51. The number of Topliss-reactive ketones (excluding diaryl/α,β-unsaturated/α-hetero) is 1. The molecule has 3 aliphatic rings. The third-order valence-electron chi connectivity index (χ3n) is 7.91. The van der Waals surface area contributed by atoms with Crippen molar-refractivity contribution < 1.29 is 19.0 Å². The molecule has 5 heteroatoms. The van der Waals surface area contributed by atoms with E-state index in [1.165, 1.54) is 5.56 Å². The Labute approximate surface area is 184 Å². The minimum Gasteiger partial charge on any atom is -0.493 e. The van der Waals surface area contributed by atoms with E-state index >= 15 is 0 Å². The first kappa shape index (κ1) is 20.5. The molecule has 5 nitrogen and oxygen atoms in total. The van der Waals surface area contributed by atoms with Gasteiger partial charge in [-0.05, 0) is 50.0 Å². The average Bonchev–Trinajstić information content (AvgIpc) is 2.80. The fraction of sp³-hybridized carbons (Fsp3) is 0.500. The van der Waals surface area contributed by atoms with Crippen LogP contribution in [0.25, 0.3) is 0 Å². The SMILES string of the molecule is COc1ccc2c(c1OC)[C@]13CCN(C)[C@H](C2)[C@]1(OCc1ccccc1)CCC(=O)C3. The van der Waals surface area contributed by atoms with Gasteiger partial charge in [0, 0.05) is 29.9 Å². The number of carbonyl (C=O) groups is 1. The van der Waals surface area contributed by atoms with Gasteiger partial charge in [0.15, 0.2) is 11.5 Å². The van der Waals surface area contributed by atoms with Crippen molar-refractivity contribution in [3.63, 3.8) is 0 Å². The molecule has 3 atom stereocenters. The van der Waals surface area contributed by atoms with Crippen molar-refractivity contribution in [3.05, 3.63) is 59.2 Å². The van der Waals surface area contributed by atoms with E-state index in [1.807, 2.05) is 24.3 Å². The zero-order valence-electron chi connectivity index (χ0n) is 18.6. The number of likely N-dealkylation sites (tertiary alicyclic amines) is 1. The molecule has 0 spiro atoms. The van der Waals surface area contributed by atoms with Gasteiger partial charge in [-0.3, -0.25) is 4.79 Å². The molecule has 0 unspecified atom stereocenters. The van der Waals surface area contributed by atoms with E-state index in [0.717, 1.165) is 48.4 Å². The number of nitrogens with zero attached hydrogens (tertiary/aromatic N) is 1. The van der Waals surface area contributed by atoms with E-state index < -0.39 is 11.0 Å². The minimum absolute atomic E-state index is 0.226. The van der Waals surface area contributed by atoms with E-state index in [4.69, 9.17) is 14.2 Å². The van der Waals surface area contributed by atoms with Gasteiger partial charge < -0.3 is 19.1 Å². The first-order chi connectivity index (χ1) is 15.0. The van der Waals surface area contributed by atoms with E-state index in [1.54, 1.807) is 14.2 Å². The highest BCUT2D eigenvalue weighted by Crippen LogP contribution is 2.62. The number of piperidine rings is 1. The largest absolute Gasteiger partial charge is 0.493 e. The molecule has 1 saturated carbocycles. The van der Waals surface area contributed by atoms with E-state index in [-0.39, 0.29) is 6.04 Å². The van der Waals surface area contributed by atoms with Crippen molar-refractivity contribution in [1.29, 1.82) is 0 Å². The standard InChI is InChI=1S/C26H31NO4/c1-27-14-13-25-16-20(28)11-12-26(25,31-17-18-7-5-4-6-8-18)22(27)15-19-9-10-21(29-2)24(30-3)23(19)25/h4-10,22H,11-17H2,1-3H3/t22-,25-,26-/m1/s1. The number of benzene rings is 2. The highest BCUT2D eigenvalue weighted by Gasteiger charge is 2.66. The van der Waals surface area contributed by atoms with Crippen LogP contribution in [0.15, 0.2) is 42.5 Å². The van der Waals surface area contributed by atoms with Crippen LogP contribution in [-0.4, -0.2) is 50.1 Å². The summed E-state index contributed by atoms with van der Waals surface area (Å²) in [7, 11) is 5.57. The number of ether oxygens (including phenoxy) is 3. The predicted octanol–water partition coefficient (Wildman–Crippen LogP) is 3.91. The van der Waals surface area contributed by atoms with Gasteiger partial charge in [-0.2, -0.15) is 0 Å². The number of fused-ring (bicyclic) bond motifs is 1. The topological polar surface area (TPSA) is 48.0 Å². The lowest BCUT2D eigenvalue weighted by Crippen LogP contribution is -2.73. The Bertz CT molecular complexity index is 990. The normalized spacial score (nSPS) is 29.8. The Morgan fingerprint density at radius 1 is 1.06 bits per heavy atom. The summed E-state index contributed by atoms with van der Waals surface area (Å²) < 4.78 is 18.6. The van der Waals surface area contributed by atoms with Crippen molar-refractivity contribution in [1.82, 2.24) is 4.90 Å². The van der Waals surface area contributed by atoms with Crippen LogP contribution in [-0.2, 0) is 28.0 Å². The number of rotatable bonds is 5. The Morgan fingerprint density at radius 2 is 1.87 bits per heavy atom. The van der Waals surface area contributed by atoms with Crippen LogP contribution in [0.4, 0.5) is 0 Å². The maximum atomic E-state index is 12.9. The quantitative estimate of drug-likeness (QED) is 0.733. The number of methoxy groups -OCH3 is 2. The monoisotopic (exact) mass is 421 g/mol. The van der Waals surface area contributed by atoms with Crippen LogP contribution in [0.2, 0.25) is 0 Å². The maximum Gasteiger partial charge on any atom is 0.164 e. The van der Waals surface area contributed by atoms with Crippen LogP contribution in [0.3, 0.4) is 0 Å². The highest BCUT2D eigenvalue weighted by atomic mass is 16.5. The summed E-state index contributed by atoms with van der Waals surface area (Å²) in [4.78, 5) is 15.4. The molecular formula is C26H31NO4. The molecule has 1 aliphatic heterocycles. The van der Waals surface area contributed by atoms with Gasteiger partial charge in [0.2, 0.25) is 0 Å². The molecule has 2 bridgehead atoms. The molecule has 1 saturated heterocycles. The number of hydrogen-bond acceptors (Lipinski definition) is 5. The molecule has 0 amide bonds. The minimum atomic E-state index is -0.434. The lowest BCUT2D eigenvalue weighted by molar-refractivity contribution is -0.202. The van der Waals surface area contributed by atoms with Crippen molar-refractivity contribution in [2.24, 2.45) is 0 Å². The van der Waals surface area contributed by atoms with Crippen molar-refractivity contribution in [2.45, 2.75) is 55.8 Å². The van der Waals surface area contributed by atoms with Gasteiger partial charge in [-0.1, -0.05) is 36.4 Å². The van der Waals surface area contributed by atoms with Crippen molar-refractivity contribution in [3.8, 4) is 11.5 Å². The predicted molar refractivity (Wildman–Crippen MR) is 119 cm³/mol. The van der Waals surface area contributed by atoms with E-state index in [0.29, 0.717) is 25.2 Å². The highest BCUT2D eigenvalue weighted by molar-refractivity contribution is 5.83. The van der Waals surface area contributed by atoms with Gasteiger partial charge in [0.1, 0.15) is 5.78 Å². The van der Waals surface area contributed by atoms with Crippen LogP contribution >= 0.6 is 0 Å². The summed E-state index contributed by atoms with van der Waals surface area (Å²) >= 11 is 0. The molecule has 2 aromatic rings. The molecule has 2 aliphatic carbocycles. The Morgan fingerprint density at radius 3 is 2.61 bits per heavy atom. The summed E-state index contributed by atoms with van der Waals surface area (Å²) in [6, 6.07) is 14.7. The molecule has 0 N–H and O–H groups in total. The summed E-state index contributed by atoms with van der Waals surface area (Å²) in [5, 5.41) is 0. The molecule has 164 valence electrons. The molecule has 5 rings (SSSR count).